The zero-order valence-corrected chi connectivity index (χ0v) is 13.6. The van der Waals surface area contributed by atoms with Crippen LogP contribution in [-0.2, 0) is 22.6 Å². The molecule has 23 heavy (non-hydrogen) atoms. The fourth-order valence-corrected chi connectivity index (χ4v) is 3.79. The summed E-state index contributed by atoms with van der Waals surface area (Å²) in [6, 6.07) is 11.6. The fraction of sp³-hybridized carbons (Fsp3) is 0.333. The summed E-state index contributed by atoms with van der Waals surface area (Å²) in [5, 5.41) is 11.5. The number of fused-ring (bicyclic) bond motifs is 1. The Morgan fingerprint density at radius 2 is 2.04 bits per heavy atom. The average Bonchev–Trinajstić information content (AvgIpc) is 3.07. The smallest absolute Gasteiger partial charge is 0.312 e. The summed E-state index contributed by atoms with van der Waals surface area (Å²) in [7, 11) is 0. The number of nitrogens with zero attached hydrogens (tertiary/aromatic N) is 1. The Labute approximate surface area is 139 Å². The van der Waals surface area contributed by atoms with Crippen LogP contribution >= 0.6 is 11.3 Å². The predicted octanol–water partition coefficient (Wildman–Crippen LogP) is 3.28. The number of benzene rings is 1. The van der Waals surface area contributed by atoms with Crippen molar-refractivity contribution in [2.75, 3.05) is 6.54 Å². The predicted molar refractivity (Wildman–Crippen MR) is 89.5 cm³/mol. The maximum Gasteiger partial charge on any atom is 0.312 e. The lowest BCUT2D eigenvalue weighted by Crippen LogP contribution is -2.40. The highest BCUT2D eigenvalue weighted by Crippen LogP contribution is 2.29. The highest BCUT2D eigenvalue weighted by Gasteiger charge is 2.31. The van der Waals surface area contributed by atoms with Crippen molar-refractivity contribution in [1.29, 1.82) is 0 Å². The Bertz CT molecular complexity index is 696. The minimum absolute atomic E-state index is 0.0438. The maximum atomic E-state index is 12.4. The first-order chi connectivity index (χ1) is 11.1. The van der Waals surface area contributed by atoms with E-state index in [-0.39, 0.29) is 12.5 Å². The van der Waals surface area contributed by atoms with Gasteiger partial charge in [-0.2, -0.15) is 0 Å². The van der Waals surface area contributed by atoms with E-state index in [2.05, 4.69) is 6.07 Å². The molecule has 0 spiro atoms. The van der Waals surface area contributed by atoms with E-state index in [1.54, 1.807) is 16.2 Å². The molecule has 1 N–H and O–H groups in total. The second-order valence-electron chi connectivity index (χ2n) is 5.80. The molecule has 3 rings (SSSR count). The normalized spacial score (nSPS) is 16.9. The van der Waals surface area contributed by atoms with Gasteiger partial charge in [0.05, 0.1) is 5.92 Å². The summed E-state index contributed by atoms with van der Waals surface area (Å²) >= 11 is 1.70. The number of amides is 1. The topological polar surface area (TPSA) is 57.6 Å². The lowest BCUT2D eigenvalue weighted by Gasteiger charge is -2.33. The van der Waals surface area contributed by atoms with E-state index >= 15 is 0 Å². The third-order valence-corrected chi connectivity index (χ3v) is 5.18. The van der Waals surface area contributed by atoms with Crippen molar-refractivity contribution in [2.24, 2.45) is 0 Å². The number of aryl methyl sites for hydroxylation is 1. The minimum atomic E-state index is -0.867. The van der Waals surface area contributed by atoms with E-state index in [4.69, 9.17) is 0 Å². The monoisotopic (exact) mass is 329 g/mol. The Hall–Kier alpha value is -2.14. The number of rotatable bonds is 5. The van der Waals surface area contributed by atoms with Gasteiger partial charge < -0.3 is 10.0 Å². The van der Waals surface area contributed by atoms with Crippen LogP contribution in [-0.4, -0.2) is 28.4 Å². The van der Waals surface area contributed by atoms with E-state index in [1.807, 2.05) is 35.7 Å². The van der Waals surface area contributed by atoms with Crippen molar-refractivity contribution < 1.29 is 14.7 Å². The number of hydrogen-bond donors (Lipinski definition) is 1. The fourth-order valence-electron chi connectivity index (χ4n) is 3.03. The molecule has 1 aromatic heterocycles. The summed E-state index contributed by atoms with van der Waals surface area (Å²) in [5.41, 5.74) is 1.78. The summed E-state index contributed by atoms with van der Waals surface area (Å²) < 4.78 is 0. The minimum Gasteiger partial charge on any atom is -0.481 e. The zero-order chi connectivity index (χ0) is 16.2. The largest absolute Gasteiger partial charge is 0.481 e. The van der Waals surface area contributed by atoms with Crippen molar-refractivity contribution in [1.82, 2.24) is 4.90 Å². The highest BCUT2D eigenvalue weighted by atomic mass is 32.1. The van der Waals surface area contributed by atoms with Gasteiger partial charge in [0.1, 0.15) is 0 Å². The van der Waals surface area contributed by atoms with E-state index in [1.165, 1.54) is 4.88 Å². The molecular formula is C18H19NO3S. The number of carboxylic acids is 1. The van der Waals surface area contributed by atoms with Gasteiger partial charge in [-0.1, -0.05) is 30.3 Å². The first-order valence-electron chi connectivity index (χ1n) is 7.76. The lowest BCUT2D eigenvalue weighted by molar-refractivity contribution is -0.141. The van der Waals surface area contributed by atoms with Crippen molar-refractivity contribution in [3.05, 3.63) is 57.8 Å². The Kier molecular flexibility index (Phi) is 4.76. The molecule has 0 saturated carbocycles. The van der Waals surface area contributed by atoms with Crippen LogP contribution in [0.2, 0.25) is 0 Å². The number of carbonyl (C=O) groups is 2. The molecule has 1 atom stereocenters. The SMILES string of the molecule is O=C(O)C1CN(C(=O)CCCc2cccs2)Cc2ccccc21. The standard InChI is InChI=1S/C18H19NO3S/c20-17(9-3-6-14-7-4-10-23-14)19-11-13-5-1-2-8-15(13)16(12-19)18(21)22/h1-2,4-5,7-8,10,16H,3,6,9,11-12H2,(H,21,22). The van der Waals surface area contributed by atoms with E-state index < -0.39 is 11.9 Å². The number of thiophene rings is 1. The number of aliphatic carboxylic acids is 1. The zero-order valence-electron chi connectivity index (χ0n) is 12.8. The van der Waals surface area contributed by atoms with Gasteiger partial charge in [0.2, 0.25) is 5.91 Å². The van der Waals surface area contributed by atoms with Crippen molar-refractivity contribution in [2.45, 2.75) is 31.7 Å². The van der Waals surface area contributed by atoms with Crippen LogP contribution < -0.4 is 0 Å². The lowest BCUT2D eigenvalue weighted by atomic mass is 9.89. The maximum absolute atomic E-state index is 12.4. The molecule has 1 unspecified atom stereocenters. The molecular weight excluding hydrogens is 310 g/mol. The van der Waals surface area contributed by atoms with Gasteiger partial charge >= 0.3 is 5.97 Å². The molecule has 0 radical (unpaired) electrons. The van der Waals surface area contributed by atoms with Gasteiger partial charge in [-0.15, -0.1) is 11.3 Å². The van der Waals surface area contributed by atoms with Crippen LogP contribution in [0.15, 0.2) is 41.8 Å². The van der Waals surface area contributed by atoms with Crippen molar-refractivity contribution in [3.8, 4) is 0 Å². The van der Waals surface area contributed by atoms with Crippen molar-refractivity contribution >= 4 is 23.2 Å². The van der Waals surface area contributed by atoms with Crippen LogP contribution in [0.3, 0.4) is 0 Å². The Balaban J connectivity index is 1.64. The number of carbonyl (C=O) groups excluding carboxylic acids is 1. The van der Waals surface area contributed by atoms with Gasteiger partial charge in [-0.05, 0) is 35.4 Å². The summed E-state index contributed by atoms with van der Waals surface area (Å²) in [4.78, 5) is 26.9. The third-order valence-electron chi connectivity index (χ3n) is 4.24. The van der Waals surface area contributed by atoms with Crippen LogP contribution in [0.1, 0.15) is 34.8 Å². The first kappa shape index (κ1) is 15.7. The molecule has 120 valence electrons. The molecule has 1 aliphatic heterocycles. The molecule has 2 heterocycles. The molecule has 1 aromatic carbocycles. The second-order valence-corrected chi connectivity index (χ2v) is 6.83. The van der Waals surface area contributed by atoms with Crippen LogP contribution in [0.25, 0.3) is 0 Å². The molecule has 1 aliphatic rings. The number of carboxylic acid groups (broad SMARTS) is 1. The molecule has 5 heteroatoms. The molecule has 0 saturated heterocycles. The van der Waals surface area contributed by atoms with E-state index in [9.17, 15) is 14.7 Å². The van der Waals surface area contributed by atoms with Gasteiger partial charge in [0.25, 0.3) is 0 Å². The molecule has 4 nitrogen and oxygen atoms in total. The third kappa shape index (κ3) is 3.62. The molecule has 0 bridgehead atoms. The second kappa shape index (κ2) is 6.96. The summed E-state index contributed by atoms with van der Waals surface area (Å²) in [6.07, 6.45) is 2.16. The Morgan fingerprint density at radius 3 is 2.78 bits per heavy atom. The quantitative estimate of drug-likeness (QED) is 0.916. The molecule has 2 aromatic rings. The molecule has 0 aliphatic carbocycles. The van der Waals surface area contributed by atoms with Gasteiger partial charge in [-0.25, -0.2) is 0 Å². The molecule has 0 fully saturated rings. The van der Waals surface area contributed by atoms with Crippen LogP contribution in [0, 0.1) is 0 Å². The summed E-state index contributed by atoms with van der Waals surface area (Å²) in [5.74, 6) is -1.45. The van der Waals surface area contributed by atoms with Gasteiger partial charge in [0.15, 0.2) is 0 Å². The van der Waals surface area contributed by atoms with E-state index in [0.29, 0.717) is 13.0 Å². The average molecular weight is 329 g/mol. The van der Waals surface area contributed by atoms with Crippen LogP contribution in [0.5, 0.6) is 0 Å². The number of hydrogen-bond acceptors (Lipinski definition) is 3. The van der Waals surface area contributed by atoms with Crippen molar-refractivity contribution in [3.63, 3.8) is 0 Å². The van der Waals surface area contributed by atoms with E-state index in [0.717, 1.165) is 24.0 Å². The molecule has 1 amide bonds. The van der Waals surface area contributed by atoms with Gasteiger partial charge in [-0.3, -0.25) is 9.59 Å². The van der Waals surface area contributed by atoms with Crippen LogP contribution in [0.4, 0.5) is 0 Å². The summed E-state index contributed by atoms with van der Waals surface area (Å²) in [6.45, 7) is 0.780. The highest BCUT2D eigenvalue weighted by molar-refractivity contribution is 7.09. The first-order valence-corrected chi connectivity index (χ1v) is 8.64. The Morgan fingerprint density at radius 1 is 1.22 bits per heavy atom. The van der Waals surface area contributed by atoms with Gasteiger partial charge in [0, 0.05) is 24.4 Å².